The van der Waals surface area contributed by atoms with Gasteiger partial charge >= 0.3 is 6.09 Å². The third-order valence-corrected chi connectivity index (χ3v) is 5.89. The van der Waals surface area contributed by atoms with Crippen LogP contribution in [0.5, 0.6) is 0 Å². The van der Waals surface area contributed by atoms with Gasteiger partial charge in [0.15, 0.2) is 0 Å². The van der Waals surface area contributed by atoms with E-state index in [0.717, 1.165) is 34.4 Å². The Balaban J connectivity index is 1.35. The predicted octanol–water partition coefficient (Wildman–Crippen LogP) is 4.36. The first-order valence-electron chi connectivity index (χ1n) is 9.56. The summed E-state index contributed by atoms with van der Waals surface area (Å²) in [7, 11) is 0. The fraction of sp³-hybridized carbons (Fsp3) is 0.524. The summed E-state index contributed by atoms with van der Waals surface area (Å²) in [5, 5.41) is 3.07. The molecule has 0 aliphatic heterocycles. The van der Waals surface area contributed by atoms with E-state index in [4.69, 9.17) is 9.47 Å². The third-order valence-electron chi connectivity index (χ3n) is 5.37. The van der Waals surface area contributed by atoms with Crippen molar-refractivity contribution < 1.29 is 14.3 Å². The lowest BCUT2D eigenvalue weighted by Crippen LogP contribution is -2.79. The number of amides is 1. The number of aromatic nitrogens is 2. The summed E-state index contributed by atoms with van der Waals surface area (Å²) >= 11 is 2.25. The largest absolute Gasteiger partial charge is 0.444 e. The monoisotopic (exact) mass is 495 g/mol. The first-order chi connectivity index (χ1) is 13.2. The molecule has 0 unspecified atom stereocenters. The SMILES string of the molecule is CC(C)(C)OC(=O)NC12CC(n3cc(I)nc3COCc3ccccc3)(C1)C2. The minimum Gasteiger partial charge on any atom is -0.444 e. The number of nitrogens with zero attached hydrogens (tertiary/aromatic N) is 2. The molecule has 1 heterocycles. The van der Waals surface area contributed by atoms with Crippen LogP contribution in [0.3, 0.4) is 0 Å². The van der Waals surface area contributed by atoms with E-state index in [2.05, 4.69) is 55.8 Å². The molecule has 3 aliphatic rings. The van der Waals surface area contributed by atoms with Crippen molar-refractivity contribution in [3.63, 3.8) is 0 Å². The molecule has 6 nitrogen and oxygen atoms in total. The van der Waals surface area contributed by atoms with E-state index in [0.29, 0.717) is 13.2 Å². The van der Waals surface area contributed by atoms with Crippen LogP contribution in [0.1, 0.15) is 51.4 Å². The number of hydrogen-bond donors (Lipinski definition) is 1. The van der Waals surface area contributed by atoms with Gasteiger partial charge in [0.2, 0.25) is 0 Å². The van der Waals surface area contributed by atoms with Crippen LogP contribution >= 0.6 is 22.6 Å². The molecule has 0 spiro atoms. The highest BCUT2D eigenvalue weighted by Crippen LogP contribution is 2.65. The molecule has 1 amide bonds. The number of carbonyl (C=O) groups is 1. The number of benzene rings is 1. The number of nitrogens with one attached hydrogen (secondary N) is 1. The normalized spacial score (nSPS) is 25.6. The van der Waals surface area contributed by atoms with Gasteiger partial charge < -0.3 is 19.4 Å². The summed E-state index contributed by atoms with van der Waals surface area (Å²) in [5.74, 6) is 0.950. The lowest BCUT2D eigenvalue weighted by atomic mass is 9.44. The highest BCUT2D eigenvalue weighted by Gasteiger charge is 2.70. The van der Waals surface area contributed by atoms with Crippen LogP contribution in [0.25, 0.3) is 0 Å². The molecule has 0 saturated heterocycles. The molecular weight excluding hydrogens is 469 g/mol. The lowest BCUT2D eigenvalue weighted by molar-refractivity contribution is -0.139. The molecule has 1 N–H and O–H groups in total. The Morgan fingerprint density at radius 2 is 1.89 bits per heavy atom. The van der Waals surface area contributed by atoms with Crippen LogP contribution in [0.4, 0.5) is 4.79 Å². The minimum atomic E-state index is -0.477. The zero-order chi connectivity index (χ0) is 20.0. The average molecular weight is 495 g/mol. The van der Waals surface area contributed by atoms with E-state index < -0.39 is 5.60 Å². The molecule has 2 bridgehead atoms. The molecule has 3 fully saturated rings. The van der Waals surface area contributed by atoms with Crippen molar-refractivity contribution >= 4 is 28.7 Å². The smallest absolute Gasteiger partial charge is 0.408 e. The summed E-state index contributed by atoms with van der Waals surface area (Å²) in [4.78, 5) is 16.8. The van der Waals surface area contributed by atoms with Gasteiger partial charge in [0.1, 0.15) is 21.7 Å². The number of rotatable bonds is 6. The molecule has 3 saturated carbocycles. The molecule has 1 aromatic carbocycles. The number of carbonyl (C=O) groups excluding carboxylic acids is 1. The van der Waals surface area contributed by atoms with Gasteiger partial charge in [0, 0.05) is 6.20 Å². The zero-order valence-electron chi connectivity index (χ0n) is 16.5. The molecule has 7 heteroatoms. The van der Waals surface area contributed by atoms with Gasteiger partial charge in [-0.2, -0.15) is 0 Å². The van der Waals surface area contributed by atoms with Crippen LogP contribution in [-0.2, 0) is 28.2 Å². The number of halogens is 1. The molecule has 28 heavy (non-hydrogen) atoms. The molecule has 150 valence electrons. The quantitative estimate of drug-likeness (QED) is 0.605. The third kappa shape index (κ3) is 3.91. The maximum Gasteiger partial charge on any atom is 0.408 e. The van der Waals surface area contributed by atoms with Gasteiger partial charge in [-0.3, -0.25) is 0 Å². The molecule has 1 aromatic heterocycles. The second-order valence-electron chi connectivity index (χ2n) is 8.99. The molecular formula is C21H26IN3O3. The Bertz CT molecular complexity index is 853. The fourth-order valence-corrected chi connectivity index (χ4v) is 4.93. The second-order valence-corrected chi connectivity index (χ2v) is 10.1. The summed E-state index contributed by atoms with van der Waals surface area (Å²) in [6.07, 6.45) is 4.51. The van der Waals surface area contributed by atoms with Crippen molar-refractivity contribution in [1.82, 2.24) is 14.9 Å². The Hall–Kier alpha value is -1.61. The molecule has 5 rings (SSSR count). The maximum absolute atomic E-state index is 12.1. The fourth-order valence-electron chi connectivity index (χ4n) is 4.38. The van der Waals surface area contributed by atoms with E-state index in [1.807, 2.05) is 39.0 Å². The topological polar surface area (TPSA) is 65.4 Å². The lowest BCUT2D eigenvalue weighted by Gasteiger charge is -2.70. The number of alkyl carbamates (subject to hydrolysis) is 1. The van der Waals surface area contributed by atoms with Crippen molar-refractivity contribution in [2.45, 2.75) is 69.9 Å². The van der Waals surface area contributed by atoms with Crippen LogP contribution in [0.15, 0.2) is 36.5 Å². The number of ether oxygens (including phenoxy) is 2. The Labute approximate surface area is 179 Å². The van der Waals surface area contributed by atoms with Gasteiger partial charge in [-0.1, -0.05) is 30.3 Å². The first-order valence-corrected chi connectivity index (χ1v) is 10.6. The zero-order valence-corrected chi connectivity index (χ0v) is 18.7. The second kappa shape index (κ2) is 7.02. The average Bonchev–Trinajstić information content (AvgIpc) is 2.89. The predicted molar refractivity (Wildman–Crippen MR) is 114 cm³/mol. The van der Waals surface area contributed by atoms with Gasteiger partial charge in [-0.15, -0.1) is 0 Å². The van der Waals surface area contributed by atoms with Crippen molar-refractivity contribution in [2.75, 3.05) is 0 Å². The molecule has 0 radical (unpaired) electrons. The van der Waals surface area contributed by atoms with Crippen LogP contribution in [0, 0.1) is 3.70 Å². The Kier molecular flexibility index (Phi) is 4.94. The molecule has 2 aromatic rings. The Morgan fingerprint density at radius 1 is 1.21 bits per heavy atom. The highest BCUT2D eigenvalue weighted by molar-refractivity contribution is 14.1. The Morgan fingerprint density at radius 3 is 2.54 bits per heavy atom. The number of hydrogen-bond acceptors (Lipinski definition) is 4. The van der Waals surface area contributed by atoms with Crippen molar-refractivity contribution in [3.05, 3.63) is 51.6 Å². The van der Waals surface area contributed by atoms with Crippen LogP contribution in [-0.4, -0.2) is 26.8 Å². The van der Waals surface area contributed by atoms with E-state index in [1.165, 1.54) is 0 Å². The van der Waals surface area contributed by atoms with Gasteiger partial charge in [0.25, 0.3) is 0 Å². The van der Waals surface area contributed by atoms with Crippen LogP contribution in [0.2, 0.25) is 0 Å². The first kappa shape index (κ1) is 19.7. The van der Waals surface area contributed by atoms with Crippen molar-refractivity contribution in [2.24, 2.45) is 0 Å². The van der Waals surface area contributed by atoms with E-state index >= 15 is 0 Å². The maximum atomic E-state index is 12.1. The summed E-state index contributed by atoms with van der Waals surface area (Å²) in [6.45, 7) is 6.69. The standard InChI is InChI=1S/C21H26IN3O3/c1-19(2,3)28-18(26)24-20-12-21(13-20,14-20)25-9-16(22)23-17(25)11-27-10-15-7-5-4-6-8-15/h4-9H,10-14H2,1-3H3,(H,24,26). The van der Waals surface area contributed by atoms with Crippen molar-refractivity contribution in [3.8, 4) is 0 Å². The van der Waals surface area contributed by atoms with E-state index in [1.54, 1.807) is 0 Å². The summed E-state index contributed by atoms with van der Waals surface area (Å²) in [5.41, 5.74) is 0.605. The number of imidazole rings is 1. The molecule has 3 aliphatic carbocycles. The van der Waals surface area contributed by atoms with Gasteiger partial charge in [0.05, 0.1) is 17.7 Å². The summed E-state index contributed by atoms with van der Waals surface area (Å²) < 4.78 is 14.5. The minimum absolute atomic E-state index is 0.0525. The van der Waals surface area contributed by atoms with Gasteiger partial charge in [-0.05, 0) is 68.2 Å². The van der Waals surface area contributed by atoms with Crippen LogP contribution < -0.4 is 5.32 Å². The van der Waals surface area contributed by atoms with E-state index in [9.17, 15) is 4.79 Å². The summed E-state index contributed by atoms with van der Waals surface area (Å²) in [6, 6.07) is 10.2. The highest BCUT2D eigenvalue weighted by atomic mass is 127. The van der Waals surface area contributed by atoms with Gasteiger partial charge in [-0.25, -0.2) is 9.78 Å². The van der Waals surface area contributed by atoms with E-state index in [-0.39, 0.29) is 17.2 Å². The molecule has 0 atom stereocenters. The van der Waals surface area contributed by atoms with Crippen molar-refractivity contribution in [1.29, 1.82) is 0 Å².